The largest absolute Gasteiger partial charge is 0.467 e. The number of hydrogen-bond donors (Lipinski definition) is 0. The lowest BCUT2D eigenvalue weighted by Crippen LogP contribution is -2.22. The van der Waals surface area contributed by atoms with Gasteiger partial charge in [-0.2, -0.15) is 10.5 Å². The minimum absolute atomic E-state index is 0.0174. The predicted octanol–water partition coefficient (Wildman–Crippen LogP) is 19.0. The first-order valence-corrected chi connectivity index (χ1v) is 37.3. The third kappa shape index (κ3) is 28.0. The summed E-state index contributed by atoms with van der Waals surface area (Å²) in [6, 6.07) is 99.9. The Morgan fingerprint density at radius 2 is 0.436 bits per heavy atom. The molecule has 0 heterocycles. The van der Waals surface area contributed by atoms with Crippen LogP contribution in [0.5, 0.6) is 0 Å². The fraction of sp³-hybridized carbons (Fsp3) is 0.100. The molecular weight excluding hydrogens is 1470 g/mol. The molecule has 0 aliphatic rings. The number of nitrogens with zero attached hydrogens (tertiary/aromatic N) is 3. The minimum atomic E-state index is -0.962. The van der Waals surface area contributed by atoms with Crippen LogP contribution in [-0.2, 0) is 66.7 Å². The number of rotatable bonds is 31. The monoisotopic (exact) mass is 1550 g/mol. The fourth-order valence-electron chi connectivity index (χ4n) is 11.2. The molecule has 17 heteroatoms. The van der Waals surface area contributed by atoms with Crippen LogP contribution in [-0.4, -0.2) is 88.0 Å². The van der Waals surface area contributed by atoms with E-state index in [2.05, 4.69) is 4.85 Å². The van der Waals surface area contributed by atoms with Crippen LogP contribution >= 0.6 is 0 Å². The third-order valence-corrected chi connectivity index (χ3v) is 16.7. The first-order valence-electron chi connectivity index (χ1n) is 37.3. The highest BCUT2D eigenvalue weighted by Crippen LogP contribution is 2.29. The van der Waals surface area contributed by atoms with Crippen LogP contribution in [0.4, 0.5) is 0 Å². The lowest BCUT2D eigenvalue weighted by Gasteiger charge is -2.11. The van der Waals surface area contributed by atoms with Gasteiger partial charge in [-0.25, -0.2) is 33.6 Å². The van der Waals surface area contributed by atoms with Gasteiger partial charge in [0.05, 0.1) is 26.4 Å². The van der Waals surface area contributed by atoms with E-state index < -0.39 is 41.8 Å². The lowest BCUT2D eigenvalue weighted by molar-refractivity contribution is -0.153. The van der Waals surface area contributed by atoms with Crippen molar-refractivity contribution in [1.82, 2.24) is 0 Å². The summed E-state index contributed by atoms with van der Waals surface area (Å²) in [4.78, 5) is 92.0. The van der Waals surface area contributed by atoms with Crippen LogP contribution in [0.3, 0.4) is 0 Å². The first-order chi connectivity index (χ1) is 57.3. The standard InChI is InChI=1S/C42H38O8.C38H28N2O4.C20H17NO2/c1-3-47-39(43)37(27-25-35(31-17-9-5-10-18-31)32-19-11-6-12-20-32)41(45)49-29-30-50-42(46)38(40(44)48-4-2)28-26-36(33-21-13-7-14-22-33)34-23-15-8-16-24-34;1-40-36(25-24-35(31-18-10-4-11-19-31)32-20-12-5-13-21-32)38(42)44-27-26-43-37(41)33(28-39)22-23-34(29-14-6-2-7-15-29)30-16-8-3-9-17-30;1-2-23-20(22)18(15-21)13-14-19(16-9-5-3-6-10-16)17-11-7-4-8-12-17/h5-28H,3-4,29-30H2,1-2H3;2-25H,26-27H2;3-14H,2H2,1H3/b37-27-,38-28-;33-22-,36-25+;18-13+. The minimum Gasteiger partial charge on any atom is -0.467 e. The van der Waals surface area contributed by atoms with Gasteiger partial charge in [0.1, 0.15) is 60.9 Å². The normalized spacial score (nSPS) is 10.9. The number of nitriles is 2. The Bertz CT molecular complexity index is 4950. The van der Waals surface area contributed by atoms with Crippen LogP contribution in [0, 0.1) is 29.2 Å². The fourth-order valence-corrected chi connectivity index (χ4v) is 11.2. The molecule has 17 nitrogen and oxygen atoms in total. The van der Waals surface area contributed by atoms with Crippen molar-refractivity contribution in [3.8, 4) is 12.1 Å². The summed E-state index contributed by atoms with van der Waals surface area (Å²) < 4.78 is 36.1. The van der Waals surface area contributed by atoms with Gasteiger partial charge in [0.25, 0.3) is 5.70 Å². The molecule has 0 radical (unpaired) electrons. The zero-order valence-corrected chi connectivity index (χ0v) is 64.6. The first kappa shape index (κ1) is 86.9. The van der Waals surface area contributed by atoms with E-state index >= 15 is 0 Å². The smallest absolute Gasteiger partial charge is 0.349 e. The third-order valence-electron chi connectivity index (χ3n) is 16.7. The molecule has 0 atom stereocenters. The Kier molecular flexibility index (Phi) is 36.3. The molecule has 0 N–H and O–H groups in total. The highest BCUT2D eigenvalue weighted by Gasteiger charge is 2.24. The molecule has 0 bridgehead atoms. The van der Waals surface area contributed by atoms with E-state index in [1.54, 1.807) is 51.2 Å². The van der Waals surface area contributed by atoms with Crippen molar-refractivity contribution in [3.63, 3.8) is 0 Å². The summed E-state index contributed by atoms with van der Waals surface area (Å²) in [5, 5.41) is 18.7. The molecule has 0 amide bonds. The molecule has 117 heavy (non-hydrogen) atoms. The number of hydrogen-bond acceptors (Lipinski definition) is 16. The number of ether oxygens (including phenoxy) is 7. The Hall–Kier alpha value is -15.6. The van der Waals surface area contributed by atoms with Crippen molar-refractivity contribution in [3.05, 3.63) is 459 Å². The lowest BCUT2D eigenvalue weighted by atomic mass is 9.97. The van der Waals surface area contributed by atoms with Crippen LogP contribution in [0.25, 0.3) is 32.7 Å². The topological polar surface area (TPSA) is 236 Å². The number of carbonyl (C=O) groups is 7. The van der Waals surface area contributed by atoms with Gasteiger partial charge in [-0.05, 0) is 135 Å². The SMILES string of the molecule is CCOC(=O)/C(=C/C=C(c1ccccc1)c1ccccc1)C(=O)OCCOC(=O)/C(=C\C=C(c1ccccc1)c1ccccc1)C(=O)OCC.CCOC(=O)/C(C#N)=C/C=C(c1ccccc1)c1ccccc1.[C-]#[N+]/C(=C/C=C(c1ccccc1)c1ccccc1)C(=O)OCCOC(=O)/C(C#N)=C\C=C(c1ccccc1)c1ccccc1. The summed E-state index contributed by atoms with van der Waals surface area (Å²) in [5.41, 5.74) is 12.2. The molecule has 0 saturated heterocycles. The maximum absolute atomic E-state index is 13.1. The maximum atomic E-state index is 13.1. The van der Waals surface area contributed by atoms with Gasteiger partial charge in [-0.1, -0.05) is 334 Å². The number of allylic oxidation sites excluding steroid dienone is 10. The van der Waals surface area contributed by atoms with E-state index in [0.717, 1.165) is 83.5 Å². The second-order valence-electron chi connectivity index (χ2n) is 24.5. The van der Waals surface area contributed by atoms with Gasteiger partial charge in [-0.3, -0.25) is 4.79 Å². The van der Waals surface area contributed by atoms with E-state index in [-0.39, 0.29) is 74.2 Å². The zero-order chi connectivity index (χ0) is 83.0. The van der Waals surface area contributed by atoms with Crippen molar-refractivity contribution in [2.24, 2.45) is 0 Å². The van der Waals surface area contributed by atoms with E-state index in [0.29, 0.717) is 0 Å². The number of esters is 7. The molecule has 10 aromatic rings. The Labute approximate surface area is 681 Å². The number of benzene rings is 10. The molecule has 10 aromatic carbocycles. The van der Waals surface area contributed by atoms with E-state index in [1.165, 1.54) is 30.4 Å². The summed E-state index contributed by atoms with van der Waals surface area (Å²) >= 11 is 0. The molecule has 0 saturated carbocycles. The van der Waals surface area contributed by atoms with Gasteiger partial charge in [0.2, 0.25) is 0 Å². The van der Waals surface area contributed by atoms with Gasteiger partial charge >= 0.3 is 41.8 Å². The zero-order valence-electron chi connectivity index (χ0n) is 64.6. The average Bonchev–Trinajstić information content (AvgIpc) is 0.865. The van der Waals surface area contributed by atoms with Crippen LogP contribution in [0.15, 0.2) is 392 Å². The molecule has 0 aromatic heterocycles. The number of carbonyl (C=O) groups excluding carboxylic acids is 7. The second-order valence-corrected chi connectivity index (χ2v) is 24.5. The Morgan fingerprint density at radius 1 is 0.256 bits per heavy atom. The molecular formula is C100H83N3O14. The van der Waals surface area contributed by atoms with Crippen LogP contribution < -0.4 is 0 Å². The quantitative estimate of drug-likeness (QED) is 0.00452. The second kappa shape index (κ2) is 48.9. The molecule has 0 aliphatic heterocycles. The van der Waals surface area contributed by atoms with Gasteiger partial charge in [0.15, 0.2) is 0 Å². The molecule has 0 aliphatic carbocycles. The molecule has 0 fully saturated rings. The van der Waals surface area contributed by atoms with Crippen LogP contribution in [0.2, 0.25) is 0 Å². The van der Waals surface area contributed by atoms with E-state index in [1.807, 2.05) is 315 Å². The van der Waals surface area contributed by atoms with Crippen molar-refractivity contribution >= 4 is 69.7 Å². The summed E-state index contributed by atoms with van der Waals surface area (Å²) in [5.74, 6) is -5.95. The summed E-state index contributed by atoms with van der Waals surface area (Å²) in [6.45, 7) is 11.4. The van der Waals surface area contributed by atoms with Gasteiger partial charge in [-0.15, -0.1) is 0 Å². The Balaban J connectivity index is 0.000000233. The van der Waals surface area contributed by atoms with E-state index in [9.17, 15) is 38.8 Å². The van der Waals surface area contributed by atoms with Crippen LogP contribution in [0.1, 0.15) is 76.4 Å². The van der Waals surface area contributed by atoms with Crippen molar-refractivity contribution in [1.29, 1.82) is 10.5 Å². The summed E-state index contributed by atoms with van der Waals surface area (Å²) in [6.07, 6.45) is 15.5. The highest BCUT2D eigenvalue weighted by molar-refractivity contribution is 6.15. The van der Waals surface area contributed by atoms with Crippen molar-refractivity contribution < 1.29 is 66.7 Å². The average molecular weight is 1550 g/mol. The van der Waals surface area contributed by atoms with Crippen molar-refractivity contribution in [2.75, 3.05) is 46.2 Å². The molecule has 10 rings (SSSR count). The summed E-state index contributed by atoms with van der Waals surface area (Å²) in [7, 11) is 0. The van der Waals surface area contributed by atoms with E-state index in [4.69, 9.17) is 45.0 Å². The maximum Gasteiger partial charge on any atom is 0.349 e. The molecule has 582 valence electrons. The molecule has 0 spiro atoms. The van der Waals surface area contributed by atoms with Gasteiger partial charge in [0, 0.05) is 0 Å². The van der Waals surface area contributed by atoms with Gasteiger partial charge < -0.3 is 33.2 Å². The predicted molar refractivity (Wildman–Crippen MR) is 452 cm³/mol. The highest BCUT2D eigenvalue weighted by atomic mass is 16.6. The molecule has 0 unspecified atom stereocenters. The Morgan fingerprint density at radius 3 is 0.650 bits per heavy atom. The van der Waals surface area contributed by atoms with Crippen molar-refractivity contribution in [2.45, 2.75) is 20.8 Å².